The minimum absolute atomic E-state index is 0.383. The van der Waals surface area contributed by atoms with Gasteiger partial charge in [-0.3, -0.25) is 0 Å². The normalized spacial score (nSPS) is 18.6. The van der Waals surface area contributed by atoms with Crippen molar-refractivity contribution in [3.63, 3.8) is 0 Å². The van der Waals surface area contributed by atoms with E-state index in [0.717, 1.165) is 31.6 Å². The fourth-order valence-electron chi connectivity index (χ4n) is 1.64. The molecule has 2 heterocycles. The molecule has 0 aliphatic carbocycles. The molecule has 0 aromatic carbocycles. The molecule has 4 nitrogen and oxygen atoms in total. The molecule has 0 spiro atoms. The Labute approximate surface area is 83.7 Å². The Bertz CT molecular complexity index is 279. The van der Waals surface area contributed by atoms with E-state index < -0.39 is 0 Å². The summed E-state index contributed by atoms with van der Waals surface area (Å²) in [6.45, 7) is 4.53. The van der Waals surface area contributed by atoms with Crippen LogP contribution in [0, 0.1) is 6.92 Å². The van der Waals surface area contributed by atoms with E-state index in [9.17, 15) is 0 Å². The third-order valence-corrected chi connectivity index (χ3v) is 2.42. The van der Waals surface area contributed by atoms with Crippen LogP contribution in [-0.4, -0.2) is 24.2 Å². The molecule has 0 bridgehead atoms. The summed E-state index contributed by atoms with van der Waals surface area (Å²) in [6, 6.07) is 0. The Morgan fingerprint density at radius 2 is 2.36 bits per heavy atom. The Kier molecular flexibility index (Phi) is 3.16. The molecule has 1 fully saturated rings. The Hall–Kier alpha value is -0.870. The van der Waals surface area contributed by atoms with Gasteiger partial charge >= 0.3 is 0 Å². The Balaban J connectivity index is 1.76. The second-order valence-corrected chi connectivity index (χ2v) is 3.62. The lowest BCUT2D eigenvalue weighted by Crippen LogP contribution is -2.32. The Morgan fingerprint density at radius 1 is 1.57 bits per heavy atom. The number of nitrogens with zero attached hydrogens (tertiary/aromatic N) is 1. The highest BCUT2D eigenvalue weighted by Crippen LogP contribution is 2.10. The number of hydrogen-bond acceptors (Lipinski definition) is 4. The molecule has 1 N–H and O–H groups in total. The van der Waals surface area contributed by atoms with Crippen LogP contribution in [0.15, 0.2) is 10.7 Å². The van der Waals surface area contributed by atoms with Crippen LogP contribution in [0.2, 0.25) is 0 Å². The van der Waals surface area contributed by atoms with Gasteiger partial charge < -0.3 is 14.5 Å². The van der Waals surface area contributed by atoms with Crippen molar-refractivity contribution >= 4 is 0 Å². The number of ether oxygens (including phenoxy) is 1. The maximum atomic E-state index is 5.72. The average Bonchev–Trinajstić information content (AvgIpc) is 2.63. The molecule has 0 radical (unpaired) electrons. The molecule has 0 saturated carbocycles. The van der Waals surface area contributed by atoms with Crippen molar-refractivity contribution in [1.29, 1.82) is 0 Å². The average molecular weight is 196 g/mol. The summed E-state index contributed by atoms with van der Waals surface area (Å²) in [4.78, 5) is 4.19. The highest BCUT2D eigenvalue weighted by atomic mass is 16.5. The SMILES string of the molecule is Cc1nc(COC2CCNCC2)co1. The van der Waals surface area contributed by atoms with Gasteiger partial charge in [-0.2, -0.15) is 0 Å². The van der Waals surface area contributed by atoms with Gasteiger partial charge in [0.05, 0.1) is 12.7 Å². The summed E-state index contributed by atoms with van der Waals surface area (Å²) in [5.74, 6) is 0.703. The van der Waals surface area contributed by atoms with Crippen molar-refractivity contribution in [2.75, 3.05) is 13.1 Å². The van der Waals surface area contributed by atoms with E-state index in [0.29, 0.717) is 18.6 Å². The number of nitrogens with one attached hydrogen (secondary N) is 1. The zero-order chi connectivity index (χ0) is 9.80. The largest absolute Gasteiger partial charge is 0.449 e. The summed E-state index contributed by atoms with van der Waals surface area (Å²) in [7, 11) is 0. The molecule has 4 heteroatoms. The van der Waals surface area contributed by atoms with Crippen LogP contribution in [0.25, 0.3) is 0 Å². The predicted octanol–water partition coefficient (Wildman–Crippen LogP) is 1.25. The minimum Gasteiger partial charge on any atom is -0.449 e. The molecular formula is C10H16N2O2. The monoisotopic (exact) mass is 196 g/mol. The summed E-state index contributed by atoms with van der Waals surface area (Å²) in [5, 5.41) is 3.30. The molecular weight excluding hydrogens is 180 g/mol. The van der Waals surface area contributed by atoms with E-state index in [4.69, 9.17) is 9.15 Å². The van der Waals surface area contributed by atoms with Gasteiger partial charge in [0.2, 0.25) is 0 Å². The number of rotatable bonds is 3. The molecule has 1 aliphatic rings. The van der Waals surface area contributed by atoms with E-state index in [1.807, 2.05) is 6.92 Å². The molecule has 14 heavy (non-hydrogen) atoms. The second-order valence-electron chi connectivity index (χ2n) is 3.62. The number of aromatic nitrogens is 1. The van der Waals surface area contributed by atoms with Crippen molar-refractivity contribution in [1.82, 2.24) is 10.3 Å². The van der Waals surface area contributed by atoms with Gasteiger partial charge in [-0.05, 0) is 25.9 Å². The minimum atomic E-state index is 0.383. The van der Waals surface area contributed by atoms with E-state index in [-0.39, 0.29) is 0 Å². The lowest BCUT2D eigenvalue weighted by Gasteiger charge is -2.22. The number of aryl methyl sites for hydroxylation is 1. The molecule has 1 aromatic heterocycles. The third kappa shape index (κ3) is 2.56. The molecule has 1 aromatic rings. The van der Waals surface area contributed by atoms with Crippen molar-refractivity contribution in [2.24, 2.45) is 0 Å². The van der Waals surface area contributed by atoms with Gasteiger partial charge in [0.25, 0.3) is 0 Å². The molecule has 2 rings (SSSR count). The zero-order valence-electron chi connectivity index (χ0n) is 8.45. The number of oxazole rings is 1. The maximum absolute atomic E-state index is 5.72. The van der Waals surface area contributed by atoms with E-state index >= 15 is 0 Å². The van der Waals surface area contributed by atoms with Crippen molar-refractivity contribution in [3.8, 4) is 0 Å². The van der Waals surface area contributed by atoms with Gasteiger partial charge in [0, 0.05) is 6.92 Å². The molecule has 1 aliphatic heterocycles. The standard InChI is InChI=1S/C10H16N2O2/c1-8-12-9(6-13-8)7-14-10-2-4-11-5-3-10/h6,10-11H,2-5,7H2,1H3. The van der Waals surface area contributed by atoms with Crippen LogP contribution in [0.4, 0.5) is 0 Å². The number of hydrogen-bond donors (Lipinski definition) is 1. The highest BCUT2D eigenvalue weighted by molar-refractivity contribution is 4.93. The van der Waals surface area contributed by atoms with Crippen molar-refractivity contribution < 1.29 is 9.15 Å². The maximum Gasteiger partial charge on any atom is 0.191 e. The van der Waals surface area contributed by atoms with Crippen LogP contribution < -0.4 is 5.32 Å². The quantitative estimate of drug-likeness (QED) is 0.790. The van der Waals surface area contributed by atoms with Gasteiger partial charge in [-0.25, -0.2) is 4.98 Å². The van der Waals surface area contributed by atoms with Gasteiger partial charge in [-0.1, -0.05) is 0 Å². The summed E-state index contributed by atoms with van der Waals surface area (Å²) in [5.41, 5.74) is 0.890. The van der Waals surface area contributed by atoms with Crippen LogP contribution in [-0.2, 0) is 11.3 Å². The fourth-order valence-corrected chi connectivity index (χ4v) is 1.64. The Morgan fingerprint density at radius 3 is 3.00 bits per heavy atom. The van der Waals surface area contributed by atoms with Crippen molar-refractivity contribution in [3.05, 3.63) is 17.8 Å². The topological polar surface area (TPSA) is 47.3 Å². The first-order valence-electron chi connectivity index (χ1n) is 5.08. The lowest BCUT2D eigenvalue weighted by atomic mass is 10.1. The predicted molar refractivity (Wildman–Crippen MR) is 51.9 cm³/mol. The van der Waals surface area contributed by atoms with Gasteiger partial charge in [-0.15, -0.1) is 0 Å². The second kappa shape index (κ2) is 4.57. The van der Waals surface area contributed by atoms with Crippen LogP contribution in [0.3, 0.4) is 0 Å². The smallest absolute Gasteiger partial charge is 0.191 e. The zero-order valence-corrected chi connectivity index (χ0v) is 8.45. The highest BCUT2D eigenvalue weighted by Gasteiger charge is 2.13. The summed E-state index contributed by atoms with van der Waals surface area (Å²) < 4.78 is 10.8. The van der Waals surface area contributed by atoms with Crippen LogP contribution >= 0.6 is 0 Å². The fraction of sp³-hybridized carbons (Fsp3) is 0.700. The molecule has 0 unspecified atom stereocenters. The van der Waals surface area contributed by atoms with E-state index in [1.165, 1.54) is 0 Å². The molecule has 1 saturated heterocycles. The van der Waals surface area contributed by atoms with Crippen molar-refractivity contribution in [2.45, 2.75) is 32.5 Å². The number of piperidine rings is 1. The third-order valence-electron chi connectivity index (χ3n) is 2.42. The summed E-state index contributed by atoms with van der Waals surface area (Å²) >= 11 is 0. The van der Waals surface area contributed by atoms with Crippen LogP contribution in [0.1, 0.15) is 24.4 Å². The molecule has 78 valence electrons. The summed E-state index contributed by atoms with van der Waals surface area (Å²) in [6.07, 6.45) is 4.23. The molecule has 0 amide bonds. The van der Waals surface area contributed by atoms with Gasteiger partial charge in [0.1, 0.15) is 12.0 Å². The van der Waals surface area contributed by atoms with Gasteiger partial charge in [0.15, 0.2) is 5.89 Å². The molecule has 0 atom stereocenters. The van der Waals surface area contributed by atoms with E-state index in [1.54, 1.807) is 6.26 Å². The first-order valence-corrected chi connectivity index (χ1v) is 5.08. The first-order chi connectivity index (χ1) is 6.84. The van der Waals surface area contributed by atoms with Crippen LogP contribution in [0.5, 0.6) is 0 Å². The van der Waals surface area contributed by atoms with E-state index in [2.05, 4.69) is 10.3 Å². The lowest BCUT2D eigenvalue weighted by molar-refractivity contribution is 0.0195. The first kappa shape index (κ1) is 9.68.